The maximum atomic E-state index is 10.9. The van der Waals surface area contributed by atoms with Crippen molar-refractivity contribution < 1.29 is 9.66 Å². The zero-order valence-corrected chi connectivity index (χ0v) is 9.16. The fourth-order valence-electron chi connectivity index (χ4n) is 1.63. The Morgan fingerprint density at radius 2 is 2.00 bits per heavy atom. The molecule has 0 atom stereocenters. The van der Waals surface area contributed by atoms with Gasteiger partial charge in [0, 0.05) is 11.8 Å². The zero-order chi connectivity index (χ0) is 12.3. The van der Waals surface area contributed by atoms with Crippen molar-refractivity contribution >= 4 is 5.69 Å². The Morgan fingerprint density at radius 3 is 2.71 bits per heavy atom. The maximum Gasteiger partial charge on any atom is 0.295 e. The quantitative estimate of drug-likeness (QED) is 0.600. The molecule has 86 valence electrons. The fourth-order valence-corrected chi connectivity index (χ4v) is 1.63. The van der Waals surface area contributed by atoms with Crippen LogP contribution in [0.15, 0.2) is 42.7 Å². The molecule has 1 aromatic heterocycles. The van der Waals surface area contributed by atoms with Crippen molar-refractivity contribution in [1.82, 2.24) is 4.98 Å². The largest absolute Gasteiger partial charge is 0.496 e. The monoisotopic (exact) mass is 230 g/mol. The number of aromatic nitrogens is 1. The summed E-state index contributed by atoms with van der Waals surface area (Å²) >= 11 is 0. The predicted octanol–water partition coefficient (Wildman–Crippen LogP) is 2.67. The molecule has 0 spiro atoms. The standard InChI is InChI=1S/C12H10N2O3/c1-17-12-5-3-2-4-10(12)9-6-7-13-8-11(9)14(15)16/h2-8H,1H3. The molecule has 0 amide bonds. The minimum Gasteiger partial charge on any atom is -0.496 e. The maximum absolute atomic E-state index is 10.9. The van der Waals surface area contributed by atoms with Gasteiger partial charge in [0.05, 0.1) is 17.6 Å². The lowest BCUT2D eigenvalue weighted by Crippen LogP contribution is -1.94. The summed E-state index contributed by atoms with van der Waals surface area (Å²) in [5.74, 6) is 0.599. The van der Waals surface area contributed by atoms with Crippen LogP contribution in [-0.2, 0) is 0 Å². The average Bonchev–Trinajstić information content (AvgIpc) is 2.38. The number of ether oxygens (including phenoxy) is 1. The summed E-state index contributed by atoms with van der Waals surface area (Å²) < 4.78 is 5.19. The minimum atomic E-state index is -0.450. The second-order valence-electron chi connectivity index (χ2n) is 3.35. The molecule has 0 saturated carbocycles. The van der Waals surface area contributed by atoms with Gasteiger partial charge in [-0.3, -0.25) is 15.1 Å². The number of rotatable bonds is 3. The van der Waals surface area contributed by atoms with Gasteiger partial charge in [-0.2, -0.15) is 0 Å². The molecule has 0 unspecified atom stereocenters. The normalized spacial score (nSPS) is 9.94. The smallest absolute Gasteiger partial charge is 0.295 e. The summed E-state index contributed by atoms with van der Waals surface area (Å²) in [5.41, 5.74) is 1.16. The van der Waals surface area contributed by atoms with E-state index in [1.54, 1.807) is 18.2 Å². The van der Waals surface area contributed by atoms with Gasteiger partial charge in [-0.25, -0.2) is 0 Å². The van der Waals surface area contributed by atoms with E-state index in [0.29, 0.717) is 16.9 Å². The molecule has 0 radical (unpaired) electrons. The van der Waals surface area contributed by atoms with E-state index in [-0.39, 0.29) is 5.69 Å². The van der Waals surface area contributed by atoms with Crippen molar-refractivity contribution in [2.24, 2.45) is 0 Å². The van der Waals surface area contributed by atoms with Crippen LogP contribution in [0.25, 0.3) is 11.1 Å². The minimum absolute atomic E-state index is 0.0306. The van der Waals surface area contributed by atoms with Crippen LogP contribution in [0, 0.1) is 10.1 Å². The van der Waals surface area contributed by atoms with Crippen LogP contribution < -0.4 is 4.74 Å². The van der Waals surface area contributed by atoms with E-state index in [0.717, 1.165) is 0 Å². The molecule has 2 aromatic rings. The van der Waals surface area contributed by atoms with Crippen molar-refractivity contribution in [3.05, 3.63) is 52.8 Å². The van der Waals surface area contributed by atoms with Crippen molar-refractivity contribution in [3.63, 3.8) is 0 Å². The first-order valence-corrected chi connectivity index (χ1v) is 4.96. The first kappa shape index (κ1) is 11.1. The van der Waals surface area contributed by atoms with Crippen molar-refractivity contribution in [1.29, 1.82) is 0 Å². The average molecular weight is 230 g/mol. The first-order valence-electron chi connectivity index (χ1n) is 4.96. The summed E-state index contributed by atoms with van der Waals surface area (Å²) in [5, 5.41) is 10.9. The molecule has 5 nitrogen and oxygen atoms in total. The topological polar surface area (TPSA) is 65.3 Å². The fraction of sp³-hybridized carbons (Fsp3) is 0.0833. The summed E-state index contributed by atoms with van der Waals surface area (Å²) in [6.45, 7) is 0. The molecule has 0 fully saturated rings. The Labute approximate surface area is 97.8 Å². The highest BCUT2D eigenvalue weighted by Crippen LogP contribution is 2.34. The number of pyridine rings is 1. The third kappa shape index (κ3) is 2.08. The molecule has 0 saturated heterocycles. The molecular formula is C12H10N2O3. The van der Waals surface area contributed by atoms with Gasteiger partial charge in [-0.15, -0.1) is 0 Å². The highest BCUT2D eigenvalue weighted by Gasteiger charge is 2.17. The number of hydrogen-bond acceptors (Lipinski definition) is 4. The van der Waals surface area contributed by atoms with Gasteiger partial charge in [0.15, 0.2) is 0 Å². The SMILES string of the molecule is COc1ccccc1-c1ccncc1[N+](=O)[O-]. The number of para-hydroxylation sites is 1. The molecule has 0 aliphatic heterocycles. The van der Waals surface area contributed by atoms with E-state index < -0.39 is 4.92 Å². The summed E-state index contributed by atoms with van der Waals surface area (Å²) in [6, 6.07) is 8.77. The van der Waals surface area contributed by atoms with Crippen molar-refractivity contribution in [2.45, 2.75) is 0 Å². The van der Waals surface area contributed by atoms with Crippen molar-refractivity contribution in [2.75, 3.05) is 7.11 Å². The predicted molar refractivity (Wildman–Crippen MR) is 62.9 cm³/mol. The highest BCUT2D eigenvalue weighted by atomic mass is 16.6. The summed E-state index contributed by atoms with van der Waals surface area (Å²) in [6.07, 6.45) is 2.76. The molecular weight excluding hydrogens is 220 g/mol. The van der Waals surface area contributed by atoms with Gasteiger partial charge in [0.25, 0.3) is 5.69 Å². The lowest BCUT2D eigenvalue weighted by atomic mass is 10.0. The van der Waals surface area contributed by atoms with Gasteiger partial charge in [-0.1, -0.05) is 18.2 Å². The van der Waals surface area contributed by atoms with E-state index in [9.17, 15) is 10.1 Å². The summed E-state index contributed by atoms with van der Waals surface area (Å²) in [4.78, 5) is 14.2. The van der Waals surface area contributed by atoms with E-state index in [2.05, 4.69) is 4.98 Å². The molecule has 0 N–H and O–H groups in total. The zero-order valence-electron chi connectivity index (χ0n) is 9.16. The summed E-state index contributed by atoms with van der Waals surface area (Å²) in [7, 11) is 1.53. The van der Waals surface area contributed by atoms with Gasteiger partial charge < -0.3 is 4.74 Å². The van der Waals surface area contributed by atoms with Gasteiger partial charge in [0.2, 0.25) is 0 Å². The second-order valence-corrected chi connectivity index (χ2v) is 3.35. The second kappa shape index (κ2) is 4.61. The third-order valence-electron chi connectivity index (χ3n) is 2.39. The number of methoxy groups -OCH3 is 1. The number of benzene rings is 1. The van der Waals surface area contributed by atoms with Crippen LogP contribution in [0.1, 0.15) is 0 Å². The van der Waals surface area contributed by atoms with Crippen LogP contribution in [0.5, 0.6) is 5.75 Å². The van der Waals surface area contributed by atoms with E-state index in [4.69, 9.17) is 4.74 Å². The highest BCUT2D eigenvalue weighted by molar-refractivity contribution is 5.77. The lowest BCUT2D eigenvalue weighted by molar-refractivity contribution is -0.384. The van der Waals surface area contributed by atoms with E-state index >= 15 is 0 Å². The number of nitro groups is 1. The van der Waals surface area contributed by atoms with Crippen LogP contribution in [-0.4, -0.2) is 17.0 Å². The molecule has 0 aliphatic carbocycles. The third-order valence-corrected chi connectivity index (χ3v) is 2.39. The molecule has 5 heteroatoms. The molecule has 2 rings (SSSR count). The first-order chi connectivity index (χ1) is 8.24. The van der Waals surface area contributed by atoms with Gasteiger partial charge in [0.1, 0.15) is 11.9 Å². The number of hydrogen-bond donors (Lipinski definition) is 0. The van der Waals surface area contributed by atoms with E-state index in [1.807, 2.05) is 12.1 Å². The van der Waals surface area contributed by atoms with Gasteiger partial charge >= 0.3 is 0 Å². The molecule has 17 heavy (non-hydrogen) atoms. The Bertz CT molecular complexity index is 555. The van der Waals surface area contributed by atoms with Crippen LogP contribution in [0.4, 0.5) is 5.69 Å². The Hall–Kier alpha value is -2.43. The Balaban J connectivity index is 2.64. The van der Waals surface area contributed by atoms with E-state index in [1.165, 1.54) is 19.5 Å². The van der Waals surface area contributed by atoms with Crippen molar-refractivity contribution in [3.8, 4) is 16.9 Å². The molecule has 1 aromatic carbocycles. The lowest BCUT2D eigenvalue weighted by Gasteiger charge is -2.07. The van der Waals surface area contributed by atoms with Crippen LogP contribution in [0.2, 0.25) is 0 Å². The Morgan fingerprint density at radius 1 is 1.24 bits per heavy atom. The molecule has 0 aliphatic rings. The van der Waals surface area contributed by atoms with Crippen LogP contribution >= 0.6 is 0 Å². The Kier molecular flexibility index (Phi) is 3.00. The molecule has 1 heterocycles. The number of nitrogens with zero attached hydrogens (tertiary/aromatic N) is 2. The van der Waals surface area contributed by atoms with Gasteiger partial charge in [-0.05, 0) is 12.1 Å². The molecule has 0 bridgehead atoms. The van der Waals surface area contributed by atoms with Crippen LogP contribution in [0.3, 0.4) is 0 Å².